The number of nitrogens with one attached hydrogen (secondary N) is 1. The van der Waals surface area contributed by atoms with Crippen LogP contribution in [0.3, 0.4) is 0 Å². The molecule has 2 heteroatoms. The first-order valence-electron chi connectivity index (χ1n) is 3.80. The van der Waals surface area contributed by atoms with Crippen LogP contribution in [0.15, 0.2) is 18.2 Å². The van der Waals surface area contributed by atoms with Crippen molar-refractivity contribution in [2.24, 2.45) is 0 Å². The monoisotopic (exact) mass is 168 g/mol. The number of H-pyrrole nitrogens is 1. The van der Waals surface area contributed by atoms with Gasteiger partial charge in [0.1, 0.15) is 0 Å². The zero-order chi connectivity index (χ0) is 9.26. The molecule has 0 aliphatic carbocycles. The molecule has 1 N–H and O–H groups in total. The van der Waals surface area contributed by atoms with Crippen LogP contribution >= 0.6 is 0 Å². The number of aromatic nitrogens is 1. The van der Waals surface area contributed by atoms with Crippen molar-refractivity contribution in [1.29, 1.82) is 0 Å². The third kappa shape index (κ3) is 1.11. The summed E-state index contributed by atoms with van der Waals surface area (Å²) in [6.07, 6.45) is 8.76. The first-order chi connectivity index (χ1) is 6.35. The first-order valence-corrected chi connectivity index (χ1v) is 3.80. The first kappa shape index (κ1) is 7.63. The molecular formula is C11H6NO. The van der Waals surface area contributed by atoms with Gasteiger partial charge in [-0.25, -0.2) is 0 Å². The summed E-state index contributed by atoms with van der Waals surface area (Å²) in [5.74, 6) is 2.52. The van der Waals surface area contributed by atoms with E-state index in [1.54, 1.807) is 6.07 Å². The van der Waals surface area contributed by atoms with Gasteiger partial charge in [0.05, 0.1) is 6.20 Å². The Morgan fingerprint density at radius 2 is 2.38 bits per heavy atom. The van der Waals surface area contributed by atoms with E-state index < -0.39 is 0 Å². The summed E-state index contributed by atoms with van der Waals surface area (Å²) in [6.45, 7) is 0. The van der Waals surface area contributed by atoms with Crippen LogP contribution in [0, 0.1) is 18.5 Å². The van der Waals surface area contributed by atoms with Gasteiger partial charge in [-0.05, 0) is 18.2 Å². The Balaban J connectivity index is 2.80. The molecule has 1 aromatic heterocycles. The number of terminal acetylenes is 1. The molecular weight excluding hydrogens is 162 g/mol. The molecule has 1 heterocycles. The Morgan fingerprint density at radius 1 is 1.54 bits per heavy atom. The SMILES string of the molecule is C#Cc1ccc2[nH][c]c(C=O)c2c1. The predicted molar refractivity (Wildman–Crippen MR) is 50.5 cm³/mol. The van der Waals surface area contributed by atoms with Crippen molar-refractivity contribution >= 4 is 17.2 Å². The van der Waals surface area contributed by atoms with Crippen LogP contribution in [0.4, 0.5) is 0 Å². The number of carbonyl (C=O) groups excluding carboxylic acids is 1. The molecule has 0 amide bonds. The number of hydrogen-bond donors (Lipinski definition) is 1. The maximum absolute atomic E-state index is 10.6. The maximum Gasteiger partial charge on any atom is 0.152 e. The van der Waals surface area contributed by atoms with E-state index in [0.717, 1.165) is 22.8 Å². The van der Waals surface area contributed by atoms with Crippen molar-refractivity contribution in [3.8, 4) is 12.3 Å². The minimum Gasteiger partial charge on any atom is -0.353 e. The molecule has 0 bridgehead atoms. The third-order valence-electron chi connectivity index (χ3n) is 1.93. The second-order valence-electron chi connectivity index (χ2n) is 2.69. The van der Waals surface area contributed by atoms with Gasteiger partial charge >= 0.3 is 0 Å². The molecule has 1 aromatic carbocycles. The summed E-state index contributed by atoms with van der Waals surface area (Å²) in [6, 6.07) is 5.46. The smallest absolute Gasteiger partial charge is 0.152 e. The number of hydrogen-bond acceptors (Lipinski definition) is 1. The van der Waals surface area contributed by atoms with Gasteiger partial charge in [-0.15, -0.1) is 6.42 Å². The fraction of sp³-hybridized carbons (Fsp3) is 0. The van der Waals surface area contributed by atoms with E-state index in [1.807, 2.05) is 12.1 Å². The Morgan fingerprint density at radius 3 is 3.08 bits per heavy atom. The summed E-state index contributed by atoms with van der Waals surface area (Å²) in [7, 11) is 0. The highest BCUT2D eigenvalue weighted by molar-refractivity contribution is 5.97. The van der Waals surface area contributed by atoms with Crippen molar-refractivity contribution in [2.75, 3.05) is 0 Å². The molecule has 2 nitrogen and oxygen atoms in total. The number of aldehydes is 1. The number of benzene rings is 1. The van der Waals surface area contributed by atoms with Crippen LogP contribution in [0.25, 0.3) is 10.9 Å². The predicted octanol–water partition coefficient (Wildman–Crippen LogP) is 1.76. The lowest BCUT2D eigenvalue weighted by molar-refractivity contribution is 0.112. The molecule has 0 atom stereocenters. The van der Waals surface area contributed by atoms with E-state index in [1.165, 1.54) is 0 Å². The van der Waals surface area contributed by atoms with Gasteiger partial charge in [0.2, 0.25) is 0 Å². The topological polar surface area (TPSA) is 32.9 Å². The summed E-state index contributed by atoms with van der Waals surface area (Å²) in [4.78, 5) is 13.4. The van der Waals surface area contributed by atoms with Gasteiger partial charge in [-0.3, -0.25) is 4.79 Å². The second-order valence-corrected chi connectivity index (χ2v) is 2.69. The normalized spacial score (nSPS) is 9.77. The van der Waals surface area contributed by atoms with Crippen LogP contribution < -0.4 is 0 Å². The summed E-state index contributed by atoms with van der Waals surface area (Å²) in [5.41, 5.74) is 2.16. The number of fused-ring (bicyclic) bond motifs is 1. The molecule has 13 heavy (non-hydrogen) atoms. The van der Waals surface area contributed by atoms with Gasteiger partial charge < -0.3 is 4.98 Å². The zero-order valence-electron chi connectivity index (χ0n) is 6.79. The van der Waals surface area contributed by atoms with Crippen molar-refractivity contribution < 1.29 is 4.79 Å². The molecule has 61 valence electrons. The van der Waals surface area contributed by atoms with Gasteiger partial charge in [0.15, 0.2) is 6.29 Å². The number of carbonyl (C=O) groups is 1. The molecule has 0 spiro atoms. The fourth-order valence-electron chi connectivity index (χ4n) is 1.26. The number of rotatable bonds is 1. The Labute approximate surface area is 75.6 Å². The lowest BCUT2D eigenvalue weighted by atomic mass is 10.1. The van der Waals surface area contributed by atoms with E-state index in [4.69, 9.17) is 6.42 Å². The molecule has 0 fully saturated rings. The van der Waals surface area contributed by atoms with Crippen LogP contribution in [-0.2, 0) is 0 Å². The van der Waals surface area contributed by atoms with E-state index in [2.05, 4.69) is 17.1 Å². The number of aromatic amines is 1. The summed E-state index contributed by atoms with van der Waals surface area (Å²) in [5, 5.41) is 0.824. The average molecular weight is 168 g/mol. The van der Waals surface area contributed by atoms with Gasteiger partial charge in [-0.1, -0.05) is 5.92 Å². The molecule has 0 saturated heterocycles. The quantitative estimate of drug-likeness (QED) is 0.510. The van der Waals surface area contributed by atoms with E-state index in [-0.39, 0.29) is 0 Å². The van der Waals surface area contributed by atoms with Crippen molar-refractivity contribution in [1.82, 2.24) is 4.98 Å². The van der Waals surface area contributed by atoms with E-state index in [0.29, 0.717) is 5.56 Å². The van der Waals surface area contributed by atoms with E-state index >= 15 is 0 Å². The van der Waals surface area contributed by atoms with Crippen molar-refractivity contribution in [2.45, 2.75) is 0 Å². The molecule has 0 aliphatic heterocycles. The minimum absolute atomic E-state index is 0.520. The maximum atomic E-state index is 10.6. The third-order valence-corrected chi connectivity index (χ3v) is 1.93. The van der Waals surface area contributed by atoms with Gasteiger partial charge in [0, 0.05) is 22.0 Å². The molecule has 1 radical (unpaired) electrons. The lowest BCUT2D eigenvalue weighted by Gasteiger charge is -1.92. The minimum atomic E-state index is 0.520. The Hall–Kier alpha value is -2.01. The van der Waals surface area contributed by atoms with Gasteiger partial charge in [0.25, 0.3) is 0 Å². The largest absolute Gasteiger partial charge is 0.353 e. The highest BCUT2D eigenvalue weighted by atomic mass is 16.1. The Bertz CT molecular complexity index is 502. The van der Waals surface area contributed by atoms with Gasteiger partial charge in [-0.2, -0.15) is 0 Å². The highest BCUT2D eigenvalue weighted by Gasteiger charge is 2.02. The highest BCUT2D eigenvalue weighted by Crippen LogP contribution is 2.17. The molecule has 0 aliphatic rings. The van der Waals surface area contributed by atoms with Crippen LogP contribution in [-0.4, -0.2) is 11.3 Å². The van der Waals surface area contributed by atoms with Crippen molar-refractivity contribution in [3.63, 3.8) is 0 Å². The second kappa shape index (κ2) is 2.80. The van der Waals surface area contributed by atoms with Crippen molar-refractivity contribution in [3.05, 3.63) is 35.5 Å². The zero-order valence-corrected chi connectivity index (χ0v) is 6.79. The Kier molecular flexibility index (Phi) is 1.64. The molecule has 0 unspecified atom stereocenters. The standard InChI is InChI=1S/C11H6NO/c1-2-8-3-4-11-10(5-8)9(7-13)6-12-11/h1,3-5,7,12H. The van der Waals surface area contributed by atoms with Crippen LogP contribution in [0.5, 0.6) is 0 Å². The lowest BCUT2D eigenvalue weighted by Crippen LogP contribution is -1.77. The fourth-order valence-corrected chi connectivity index (χ4v) is 1.26. The van der Waals surface area contributed by atoms with Crippen LogP contribution in [0.1, 0.15) is 15.9 Å². The summed E-state index contributed by atoms with van der Waals surface area (Å²) >= 11 is 0. The average Bonchev–Trinajstić information content (AvgIpc) is 2.59. The summed E-state index contributed by atoms with van der Waals surface area (Å²) < 4.78 is 0. The molecule has 2 aromatic rings. The van der Waals surface area contributed by atoms with E-state index in [9.17, 15) is 4.79 Å². The molecule has 2 rings (SSSR count). The van der Waals surface area contributed by atoms with Crippen LogP contribution in [0.2, 0.25) is 0 Å². The molecule has 0 saturated carbocycles.